The molecule has 128 valence electrons. The molecule has 4 heteroatoms. The van der Waals surface area contributed by atoms with Gasteiger partial charge in [0.15, 0.2) is 11.6 Å². The first-order chi connectivity index (χ1) is 11.7. The minimum atomic E-state index is -0.379. The summed E-state index contributed by atoms with van der Waals surface area (Å²) in [7, 11) is 1.49. The van der Waals surface area contributed by atoms with Gasteiger partial charge in [0.2, 0.25) is 0 Å². The quantitative estimate of drug-likeness (QED) is 0.760. The largest absolute Gasteiger partial charge is 0.494 e. The molecule has 0 amide bonds. The van der Waals surface area contributed by atoms with Crippen LogP contribution in [-0.2, 0) is 6.42 Å². The van der Waals surface area contributed by atoms with E-state index < -0.39 is 0 Å². The number of fused-ring (bicyclic) bond motifs is 3. The Morgan fingerprint density at radius 2 is 2.21 bits per heavy atom. The average molecular weight is 329 g/mol. The number of hydrogen-bond acceptors (Lipinski definition) is 3. The van der Waals surface area contributed by atoms with Crippen molar-refractivity contribution >= 4 is 11.0 Å². The van der Waals surface area contributed by atoms with E-state index in [-0.39, 0.29) is 11.6 Å². The highest BCUT2D eigenvalue weighted by Gasteiger charge is 2.36. The Bertz CT molecular complexity index is 766. The zero-order valence-electron chi connectivity index (χ0n) is 14.3. The van der Waals surface area contributed by atoms with E-state index in [2.05, 4.69) is 24.0 Å². The highest BCUT2D eigenvalue weighted by Crippen LogP contribution is 2.36. The lowest BCUT2D eigenvalue weighted by Gasteiger charge is -2.46. The molecule has 0 radical (unpaired) electrons. The van der Waals surface area contributed by atoms with Crippen LogP contribution < -0.4 is 4.74 Å². The second kappa shape index (κ2) is 6.25. The van der Waals surface area contributed by atoms with E-state index in [1.165, 1.54) is 26.0 Å². The third kappa shape index (κ3) is 2.63. The predicted molar refractivity (Wildman–Crippen MR) is 92.8 cm³/mol. The van der Waals surface area contributed by atoms with Crippen molar-refractivity contribution in [1.29, 1.82) is 0 Å². The smallest absolute Gasteiger partial charge is 0.168 e. The maximum absolute atomic E-state index is 13.8. The van der Waals surface area contributed by atoms with Crippen molar-refractivity contribution in [3.63, 3.8) is 0 Å². The molecule has 3 atom stereocenters. The summed E-state index contributed by atoms with van der Waals surface area (Å²) in [6, 6.07) is 3.74. The molecule has 1 saturated heterocycles. The van der Waals surface area contributed by atoms with Crippen molar-refractivity contribution in [2.75, 3.05) is 20.2 Å². The summed E-state index contributed by atoms with van der Waals surface area (Å²) in [5.74, 6) is 1.38. The van der Waals surface area contributed by atoms with Gasteiger partial charge in [-0.05, 0) is 36.3 Å². The first-order valence-corrected chi connectivity index (χ1v) is 8.85. The lowest BCUT2D eigenvalue weighted by Crippen LogP contribution is -2.50. The van der Waals surface area contributed by atoms with Crippen LogP contribution in [0.3, 0.4) is 0 Å². The Hall–Kier alpha value is -1.81. The number of halogens is 1. The van der Waals surface area contributed by atoms with Gasteiger partial charge in [-0.3, -0.25) is 4.90 Å². The van der Waals surface area contributed by atoms with Gasteiger partial charge in [0.1, 0.15) is 5.58 Å². The summed E-state index contributed by atoms with van der Waals surface area (Å²) in [5, 5.41) is 0.956. The molecule has 5 rings (SSSR count). The van der Waals surface area contributed by atoms with Crippen molar-refractivity contribution in [3.8, 4) is 5.75 Å². The van der Waals surface area contributed by atoms with Crippen molar-refractivity contribution < 1.29 is 13.5 Å². The number of furan rings is 1. The fraction of sp³-hybridized carbons (Fsp3) is 0.500. The summed E-state index contributed by atoms with van der Waals surface area (Å²) in [5.41, 5.74) is 1.72. The zero-order valence-corrected chi connectivity index (χ0v) is 14.3. The van der Waals surface area contributed by atoms with Crippen LogP contribution in [0.25, 0.3) is 11.0 Å². The molecule has 3 unspecified atom stereocenters. The summed E-state index contributed by atoms with van der Waals surface area (Å²) < 4.78 is 24.4. The van der Waals surface area contributed by atoms with Gasteiger partial charge in [-0.15, -0.1) is 0 Å². The van der Waals surface area contributed by atoms with Crippen molar-refractivity contribution in [2.24, 2.45) is 11.8 Å². The van der Waals surface area contributed by atoms with Gasteiger partial charge in [-0.1, -0.05) is 25.5 Å². The maximum Gasteiger partial charge on any atom is 0.168 e. The third-order valence-electron chi connectivity index (χ3n) is 5.68. The van der Waals surface area contributed by atoms with Gasteiger partial charge in [-0.2, -0.15) is 0 Å². The molecule has 2 aromatic rings. The molecule has 1 fully saturated rings. The summed E-state index contributed by atoms with van der Waals surface area (Å²) >= 11 is 0. The number of nitrogens with zero attached hydrogens (tertiary/aromatic N) is 1. The van der Waals surface area contributed by atoms with Crippen LogP contribution in [-0.4, -0.2) is 31.1 Å². The van der Waals surface area contributed by atoms with Gasteiger partial charge in [0.25, 0.3) is 0 Å². The van der Waals surface area contributed by atoms with E-state index in [0.717, 1.165) is 36.4 Å². The van der Waals surface area contributed by atoms with Crippen molar-refractivity contribution in [3.05, 3.63) is 41.9 Å². The maximum atomic E-state index is 13.8. The van der Waals surface area contributed by atoms with Crippen LogP contribution >= 0.6 is 0 Å². The third-order valence-corrected chi connectivity index (χ3v) is 5.68. The molecule has 0 saturated carbocycles. The lowest BCUT2D eigenvalue weighted by atomic mass is 9.76. The molecule has 3 aliphatic rings. The molecule has 3 nitrogen and oxygen atoms in total. The molecule has 1 aromatic heterocycles. The first kappa shape index (κ1) is 15.7. The Kier molecular flexibility index (Phi) is 4.09. The minimum absolute atomic E-state index is 0.274. The van der Waals surface area contributed by atoms with Crippen LogP contribution in [0.5, 0.6) is 5.75 Å². The second-order valence-corrected chi connectivity index (χ2v) is 7.03. The van der Waals surface area contributed by atoms with E-state index in [0.29, 0.717) is 17.5 Å². The molecule has 3 heterocycles. The Morgan fingerprint density at radius 3 is 2.96 bits per heavy atom. The van der Waals surface area contributed by atoms with Crippen LogP contribution in [0.1, 0.15) is 25.3 Å². The fourth-order valence-electron chi connectivity index (χ4n) is 4.36. The number of piperidine rings is 1. The molecule has 1 aliphatic carbocycles. The van der Waals surface area contributed by atoms with Crippen LogP contribution in [0.15, 0.2) is 35.0 Å². The second-order valence-electron chi connectivity index (χ2n) is 7.03. The number of methoxy groups -OCH3 is 1. The average Bonchev–Trinajstić information content (AvgIpc) is 3.01. The van der Waals surface area contributed by atoms with Gasteiger partial charge in [0, 0.05) is 30.6 Å². The fourth-order valence-corrected chi connectivity index (χ4v) is 4.36. The van der Waals surface area contributed by atoms with Crippen LogP contribution in [0.4, 0.5) is 4.39 Å². The van der Waals surface area contributed by atoms with E-state index in [1.54, 1.807) is 12.3 Å². The van der Waals surface area contributed by atoms with Crippen LogP contribution in [0.2, 0.25) is 0 Å². The normalized spacial score (nSPS) is 26.4. The molecule has 2 aliphatic heterocycles. The van der Waals surface area contributed by atoms with Gasteiger partial charge >= 0.3 is 0 Å². The lowest BCUT2D eigenvalue weighted by molar-refractivity contribution is 0.0826. The topological polar surface area (TPSA) is 25.6 Å². The van der Waals surface area contributed by atoms with Crippen molar-refractivity contribution in [2.45, 2.75) is 32.2 Å². The number of rotatable bonds is 5. The highest BCUT2D eigenvalue weighted by atomic mass is 19.1. The number of ether oxygens (including phenoxy) is 1. The Balaban J connectivity index is 1.52. The van der Waals surface area contributed by atoms with E-state index in [9.17, 15) is 4.39 Å². The Labute approximate surface area is 142 Å². The summed E-state index contributed by atoms with van der Waals surface area (Å²) in [6.07, 6.45) is 10.0. The minimum Gasteiger partial charge on any atom is -0.494 e. The molecule has 1 aromatic carbocycles. The van der Waals surface area contributed by atoms with Crippen LogP contribution in [0, 0.1) is 17.7 Å². The first-order valence-electron chi connectivity index (χ1n) is 8.85. The molecule has 2 bridgehead atoms. The zero-order chi connectivity index (χ0) is 16.7. The molecular formula is C20H24FNO2. The van der Waals surface area contributed by atoms with Gasteiger partial charge in [0.05, 0.1) is 13.4 Å². The molecular weight excluding hydrogens is 305 g/mol. The summed E-state index contributed by atoms with van der Waals surface area (Å²) in [4.78, 5) is 2.60. The van der Waals surface area contributed by atoms with E-state index in [4.69, 9.17) is 9.15 Å². The number of benzene rings is 1. The monoisotopic (exact) mass is 329 g/mol. The Morgan fingerprint density at radius 1 is 1.33 bits per heavy atom. The number of hydrogen-bond donors (Lipinski definition) is 0. The van der Waals surface area contributed by atoms with Gasteiger partial charge < -0.3 is 9.15 Å². The van der Waals surface area contributed by atoms with Crippen molar-refractivity contribution in [1.82, 2.24) is 4.90 Å². The molecule has 0 spiro atoms. The van der Waals surface area contributed by atoms with Gasteiger partial charge in [-0.25, -0.2) is 4.39 Å². The summed E-state index contributed by atoms with van der Waals surface area (Å²) in [6.45, 7) is 4.46. The van der Waals surface area contributed by atoms with E-state index in [1.807, 2.05) is 0 Å². The van der Waals surface area contributed by atoms with E-state index >= 15 is 0 Å². The molecule has 24 heavy (non-hydrogen) atoms. The highest BCUT2D eigenvalue weighted by molar-refractivity contribution is 5.82. The standard InChI is InChI=1S/C20H24FNO2/c1-3-14-8-13-4-5-18(14)22(11-13)7-6-15-12-24-19-10-17(21)20(23-2)9-16(15)19/h4-5,9-10,12-14,18H,3,6-8,11H2,1-2H3. The predicted octanol–water partition coefficient (Wildman–Crippen LogP) is 4.41. The SMILES string of the molecule is CCC1CC2C=CC1N(CCc1coc3cc(F)c(OC)cc13)C2. The molecule has 0 N–H and O–H groups in total.